The number of ether oxygens (including phenoxy) is 1. The Morgan fingerprint density at radius 1 is 1.26 bits per heavy atom. The molecule has 2 aromatic rings. The van der Waals surface area contributed by atoms with Gasteiger partial charge in [-0.25, -0.2) is 9.29 Å². The van der Waals surface area contributed by atoms with Gasteiger partial charge in [-0.15, -0.1) is 0 Å². The van der Waals surface area contributed by atoms with Crippen molar-refractivity contribution < 1.29 is 18.7 Å². The van der Waals surface area contributed by atoms with Crippen molar-refractivity contribution in [3.8, 4) is 5.75 Å². The third kappa shape index (κ3) is 4.28. The summed E-state index contributed by atoms with van der Waals surface area (Å²) in [5.41, 5.74) is 1.12. The fraction of sp³-hybridized carbons (Fsp3) is 0.211. The first kappa shape index (κ1) is 18.9. The third-order valence-corrected chi connectivity index (χ3v) is 5.13. The molecule has 8 heteroatoms. The smallest absolute Gasteiger partial charge is 0.247 e. The molecule has 27 heavy (non-hydrogen) atoms. The Balaban J connectivity index is 1.71. The molecule has 1 aliphatic heterocycles. The van der Waals surface area contributed by atoms with Crippen LogP contribution < -0.4 is 15.0 Å². The number of imide groups is 1. The molecule has 1 heterocycles. The number of halogens is 1. The standard InChI is InChI=1S/C19H18FN3O3S/c1-21-19(22-13-4-3-5-15(10-13)26-2)27-16-11-17(24)23(18(16)25)14-8-6-12(20)7-9-14/h3-10,16H,11H2,1-2H3,(H,21,22)/t16-/m1/s1. The van der Waals surface area contributed by atoms with Gasteiger partial charge in [-0.3, -0.25) is 14.6 Å². The van der Waals surface area contributed by atoms with Crippen LogP contribution >= 0.6 is 11.8 Å². The van der Waals surface area contributed by atoms with E-state index in [1.54, 1.807) is 20.2 Å². The van der Waals surface area contributed by atoms with E-state index in [2.05, 4.69) is 10.3 Å². The average Bonchev–Trinajstić information content (AvgIpc) is 2.95. The molecule has 0 aromatic heterocycles. The predicted octanol–water partition coefficient (Wildman–Crippen LogP) is 3.30. The zero-order chi connectivity index (χ0) is 19.4. The second-order valence-corrected chi connectivity index (χ2v) is 6.93. The number of carbonyl (C=O) groups is 2. The first-order chi connectivity index (χ1) is 13.0. The van der Waals surface area contributed by atoms with Crippen molar-refractivity contribution in [1.29, 1.82) is 0 Å². The van der Waals surface area contributed by atoms with Crippen LogP contribution in [0.3, 0.4) is 0 Å². The Kier molecular flexibility index (Phi) is 5.75. The Hall–Kier alpha value is -2.87. The predicted molar refractivity (Wildman–Crippen MR) is 105 cm³/mol. The number of methoxy groups -OCH3 is 1. The van der Waals surface area contributed by atoms with Gasteiger partial charge in [0.25, 0.3) is 0 Å². The number of nitrogens with zero attached hydrogens (tertiary/aromatic N) is 2. The second-order valence-electron chi connectivity index (χ2n) is 5.74. The van der Waals surface area contributed by atoms with Crippen molar-refractivity contribution in [3.63, 3.8) is 0 Å². The van der Waals surface area contributed by atoms with Gasteiger partial charge in [0.05, 0.1) is 12.8 Å². The monoisotopic (exact) mass is 387 g/mol. The van der Waals surface area contributed by atoms with Crippen LogP contribution in [-0.4, -0.2) is 36.4 Å². The number of aliphatic imine (C=N–C) groups is 1. The summed E-state index contributed by atoms with van der Waals surface area (Å²) in [5, 5.41) is 3.04. The molecule has 3 rings (SSSR count). The van der Waals surface area contributed by atoms with Crippen LogP contribution in [0, 0.1) is 5.82 Å². The van der Waals surface area contributed by atoms with E-state index >= 15 is 0 Å². The minimum absolute atomic E-state index is 0.0552. The van der Waals surface area contributed by atoms with E-state index in [4.69, 9.17) is 4.74 Å². The molecule has 0 unspecified atom stereocenters. The molecule has 0 aliphatic carbocycles. The maximum absolute atomic E-state index is 13.1. The summed E-state index contributed by atoms with van der Waals surface area (Å²) in [6.07, 6.45) is 0.0552. The van der Waals surface area contributed by atoms with E-state index < -0.39 is 11.1 Å². The highest BCUT2D eigenvalue weighted by atomic mass is 32.2. The van der Waals surface area contributed by atoms with Gasteiger partial charge in [0.15, 0.2) is 5.17 Å². The van der Waals surface area contributed by atoms with Gasteiger partial charge in [-0.2, -0.15) is 0 Å². The van der Waals surface area contributed by atoms with Crippen molar-refractivity contribution in [2.75, 3.05) is 24.4 Å². The van der Waals surface area contributed by atoms with Gasteiger partial charge in [-0.05, 0) is 36.4 Å². The number of rotatable bonds is 4. The average molecular weight is 387 g/mol. The fourth-order valence-corrected chi connectivity index (χ4v) is 3.64. The molecule has 2 amide bonds. The van der Waals surface area contributed by atoms with Crippen LogP contribution in [0.5, 0.6) is 5.75 Å². The molecule has 6 nitrogen and oxygen atoms in total. The van der Waals surface area contributed by atoms with E-state index in [1.807, 2.05) is 18.2 Å². The molecule has 2 aromatic carbocycles. The lowest BCUT2D eigenvalue weighted by Crippen LogP contribution is -2.31. The fourth-order valence-electron chi connectivity index (χ4n) is 2.65. The molecular formula is C19H18FN3O3S. The summed E-state index contributed by atoms with van der Waals surface area (Å²) in [6, 6.07) is 12.6. The largest absolute Gasteiger partial charge is 0.497 e. The Bertz CT molecular complexity index is 886. The van der Waals surface area contributed by atoms with Crippen LogP contribution in [0.25, 0.3) is 0 Å². The molecular weight excluding hydrogens is 369 g/mol. The maximum Gasteiger partial charge on any atom is 0.247 e. The van der Waals surface area contributed by atoms with Gasteiger partial charge in [-0.1, -0.05) is 17.8 Å². The molecule has 1 atom stereocenters. The van der Waals surface area contributed by atoms with Crippen LogP contribution in [0.2, 0.25) is 0 Å². The Morgan fingerprint density at radius 3 is 2.67 bits per heavy atom. The lowest BCUT2D eigenvalue weighted by molar-refractivity contribution is -0.121. The van der Waals surface area contributed by atoms with Crippen molar-refractivity contribution in [2.45, 2.75) is 11.7 Å². The first-order valence-electron chi connectivity index (χ1n) is 8.18. The van der Waals surface area contributed by atoms with E-state index in [0.29, 0.717) is 16.6 Å². The Labute approximate surface area is 160 Å². The minimum Gasteiger partial charge on any atom is -0.497 e. The number of hydrogen-bond acceptors (Lipinski definition) is 5. The normalized spacial score (nSPS) is 17.4. The number of hydrogen-bond donors (Lipinski definition) is 1. The van der Waals surface area contributed by atoms with Crippen molar-refractivity contribution >= 4 is 40.1 Å². The van der Waals surface area contributed by atoms with E-state index in [-0.39, 0.29) is 18.2 Å². The maximum atomic E-state index is 13.1. The number of nitrogens with one attached hydrogen (secondary N) is 1. The highest BCUT2D eigenvalue weighted by Gasteiger charge is 2.40. The zero-order valence-electron chi connectivity index (χ0n) is 14.8. The number of amides is 2. The summed E-state index contributed by atoms with van der Waals surface area (Å²) >= 11 is 1.19. The van der Waals surface area contributed by atoms with Gasteiger partial charge in [0.2, 0.25) is 11.8 Å². The summed E-state index contributed by atoms with van der Waals surface area (Å²) in [4.78, 5) is 30.3. The molecule has 0 radical (unpaired) electrons. The van der Waals surface area contributed by atoms with Crippen LogP contribution in [0.4, 0.5) is 15.8 Å². The Morgan fingerprint density at radius 2 is 2.00 bits per heavy atom. The summed E-state index contributed by atoms with van der Waals surface area (Å²) in [7, 11) is 3.18. The molecule has 0 spiro atoms. The van der Waals surface area contributed by atoms with Crippen molar-refractivity contribution in [2.24, 2.45) is 4.99 Å². The lowest BCUT2D eigenvalue weighted by atomic mass is 10.3. The molecule has 0 saturated carbocycles. The highest BCUT2D eigenvalue weighted by Crippen LogP contribution is 2.31. The van der Waals surface area contributed by atoms with E-state index in [9.17, 15) is 14.0 Å². The zero-order valence-corrected chi connectivity index (χ0v) is 15.6. The van der Waals surface area contributed by atoms with E-state index in [1.165, 1.54) is 36.0 Å². The number of amidine groups is 1. The molecule has 1 fully saturated rings. The number of carbonyl (C=O) groups excluding carboxylic acids is 2. The second kappa shape index (κ2) is 8.22. The third-order valence-electron chi connectivity index (χ3n) is 3.97. The van der Waals surface area contributed by atoms with Gasteiger partial charge in [0, 0.05) is 25.2 Å². The molecule has 0 bridgehead atoms. The number of anilines is 2. The molecule has 1 aliphatic rings. The van der Waals surface area contributed by atoms with Crippen LogP contribution in [-0.2, 0) is 9.59 Å². The first-order valence-corrected chi connectivity index (χ1v) is 9.06. The number of thioether (sulfide) groups is 1. The summed E-state index contributed by atoms with van der Waals surface area (Å²) < 4.78 is 18.3. The van der Waals surface area contributed by atoms with Crippen LogP contribution in [0.15, 0.2) is 53.5 Å². The molecule has 140 valence electrons. The van der Waals surface area contributed by atoms with Crippen molar-refractivity contribution in [3.05, 3.63) is 54.3 Å². The summed E-state index contributed by atoms with van der Waals surface area (Å²) in [6.45, 7) is 0. The minimum atomic E-state index is -0.598. The quantitative estimate of drug-likeness (QED) is 0.495. The molecule has 1 saturated heterocycles. The SMILES string of the molecule is CN=C(Nc1cccc(OC)c1)S[C@@H]1CC(=O)N(c2ccc(F)cc2)C1=O. The van der Waals surface area contributed by atoms with Gasteiger partial charge < -0.3 is 10.1 Å². The van der Waals surface area contributed by atoms with Crippen LogP contribution in [0.1, 0.15) is 6.42 Å². The number of benzene rings is 2. The summed E-state index contributed by atoms with van der Waals surface area (Å²) in [5.74, 6) is -0.395. The van der Waals surface area contributed by atoms with Gasteiger partial charge >= 0.3 is 0 Å². The molecule has 1 N–H and O–H groups in total. The topological polar surface area (TPSA) is 71.0 Å². The van der Waals surface area contributed by atoms with Gasteiger partial charge in [0.1, 0.15) is 16.8 Å². The van der Waals surface area contributed by atoms with E-state index in [0.717, 1.165) is 10.6 Å². The lowest BCUT2D eigenvalue weighted by Gasteiger charge is -2.15. The van der Waals surface area contributed by atoms with Crippen molar-refractivity contribution in [1.82, 2.24) is 0 Å². The highest BCUT2D eigenvalue weighted by molar-refractivity contribution is 8.15.